The Morgan fingerprint density at radius 1 is 1.67 bits per heavy atom. The zero-order chi connectivity index (χ0) is 13.0. The molecule has 1 unspecified atom stereocenters. The highest BCUT2D eigenvalue weighted by molar-refractivity contribution is 7.10. The second-order valence-electron chi connectivity index (χ2n) is 4.68. The van der Waals surface area contributed by atoms with E-state index in [1.807, 2.05) is 11.3 Å². The summed E-state index contributed by atoms with van der Waals surface area (Å²) in [6, 6.07) is 2.57. The molecule has 1 N–H and O–H groups in total. The van der Waals surface area contributed by atoms with E-state index < -0.39 is 0 Å². The molecule has 2 rings (SSSR count). The molecule has 0 aliphatic carbocycles. The highest BCUT2D eigenvalue weighted by atomic mass is 32.1. The van der Waals surface area contributed by atoms with Gasteiger partial charge in [-0.1, -0.05) is 0 Å². The predicted molar refractivity (Wildman–Crippen MR) is 72.8 cm³/mol. The van der Waals surface area contributed by atoms with Crippen molar-refractivity contribution in [3.05, 3.63) is 21.9 Å². The molecule has 1 amide bonds. The minimum Gasteiger partial charge on any atom is -0.375 e. The van der Waals surface area contributed by atoms with Crippen molar-refractivity contribution in [2.24, 2.45) is 0 Å². The first kappa shape index (κ1) is 13.5. The molecule has 100 valence electrons. The van der Waals surface area contributed by atoms with E-state index in [0.29, 0.717) is 12.6 Å². The molecular formula is C13H20N2O2S. The van der Waals surface area contributed by atoms with Gasteiger partial charge in [-0.25, -0.2) is 0 Å². The Bertz CT molecular complexity index is 405. The monoisotopic (exact) mass is 268 g/mol. The summed E-state index contributed by atoms with van der Waals surface area (Å²) in [4.78, 5) is 15.3. The van der Waals surface area contributed by atoms with Gasteiger partial charge in [0.1, 0.15) is 6.61 Å². The fraction of sp³-hybridized carbons (Fsp3) is 0.615. The van der Waals surface area contributed by atoms with Gasteiger partial charge in [0, 0.05) is 37.7 Å². The normalized spacial score (nSPS) is 17.2. The van der Waals surface area contributed by atoms with Crippen LogP contribution in [0.1, 0.15) is 17.4 Å². The van der Waals surface area contributed by atoms with Crippen molar-refractivity contribution in [3.63, 3.8) is 0 Å². The van der Waals surface area contributed by atoms with Crippen LogP contribution in [0.15, 0.2) is 11.4 Å². The molecule has 18 heavy (non-hydrogen) atoms. The van der Waals surface area contributed by atoms with E-state index in [2.05, 4.69) is 28.6 Å². The molecule has 1 aliphatic rings. The summed E-state index contributed by atoms with van der Waals surface area (Å²) < 4.78 is 4.79. The SMILES string of the molecule is COCC(=O)NCC(C)N1CCc2sccc2C1. The molecule has 5 heteroatoms. The van der Waals surface area contributed by atoms with Crippen LogP contribution in [0.25, 0.3) is 0 Å². The number of rotatable bonds is 5. The highest BCUT2D eigenvalue weighted by Gasteiger charge is 2.21. The molecule has 1 aliphatic heterocycles. The van der Waals surface area contributed by atoms with Crippen molar-refractivity contribution in [1.29, 1.82) is 0 Å². The number of carbonyl (C=O) groups is 1. The van der Waals surface area contributed by atoms with Gasteiger partial charge in [-0.3, -0.25) is 9.69 Å². The van der Waals surface area contributed by atoms with Gasteiger partial charge in [-0.05, 0) is 30.4 Å². The van der Waals surface area contributed by atoms with E-state index in [4.69, 9.17) is 4.74 Å². The fourth-order valence-corrected chi connectivity index (χ4v) is 3.11. The Morgan fingerprint density at radius 3 is 3.28 bits per heavy atom. The Hall–Kier alpha value is -0.910. The molecular weight excluding hydrogens is 248 g/mol. The fourth-order valence-electron chi connectivity index (χ4n) is 2.22. The van der Waals surface area contributed by atoms with E-state index in [1.54, 1.807) is 0 Å². The number of methoxy groups -OCH3 is 1. The van der Waals surface area contributed by atoms with Crippen LogP contribution in [-0.2, 0) is 22.5 Å². The Kier molecular flexibility index (Phi) is 4.74. The van der Waals surface area contributed by atoms with Crippen molar-refractivity contribution in [1.82, 2.24) is 10.2 Å². The van der Waals surface area contributed by atoms with Crippen LogP contribution in [0.5, 0.6) is 0 Å². The molecule has 0 saturated heterocycles. The van der Waals surface area contributed by atoms with Gasteiger partial charge in [0.25, 0.3) is 0 Å². The molecule has 0 bridgehead atoms. The van der Waals surface area contributed by atoms with Crippen molar-refractivity contribution in [3.8, 4) is 0 Å². The average Bonchev–Trinajstić information content (AvgIpc) is 2.83. The van der Waals surface area contributed by atoms with Crippen molar-refractivity contribution in [2.75, 3.05) is 26.8 Å². The van der Waals surface area contributed by atoms with Gasteiger partial charge in [0.05, 0.1) is 0 Å². The van der Waals surface area contributed by atoms with E-state index in [0.717, 1.165) is 19.5 Å². The molecule has 4 nitrogen and oxygen atoms in total. The number of fused-ring (bicyclic) bond motifs is 1. The van der Waals surface area contributed by atoms with Gasteiger partial charge in [0.2, 0.25) is 5.91 Å². The summed E-state index contributed by atoms with van der Waals surface area (Å²) in [5.74, 6) is -0.0439. The first-order chi connectivity index (χ1) is 8.70. The van der Waals surface area contributed by atoms with Crippen LogP contribution in [0.4, 0.5) is 0 Å². The maximum Gasteiger partial charge on any atom is 0.246 e. The van der Waals surface area contributed by atoms with Gasteiger partial charge in [-0.2, -0.15) is 0 Å². The van der Waals surface area contributed by atoms with E-state index >= 15 is 0 Å². The quantitative estimate of drug-likeness (QED) is 0.874. The highest BCUT2D eigenvalue weighted by Crippen LogP contribution is 2.24. The maximum absolute atomic E-state index is 11.3. The van der Waals surface area contributed by atoms with Gasteiger partial charge < -0.3 is 10.1 Å². The Balaban J connectivity index is 1.80. The second-order valence-corrected chi connectivity index (χ2v) is 5.68. The van der Waals surface area contributed by atoms with E-state index in [9.17, 15) is 4.79 Å². The van der Waals surface area contributed by atoms with Crippen LogP contribution in [0.2, 0.25) is 0 Å². The third-order valence-corrected chi connectivity index (χ3v) is 4.35. The van der Waals surface area contributed by atoms with Crippen LogP contribution >= 0.6 is 11.3 Å². The first-order valence-electron chi connectivity index (χ1n) is 6.25. The number of thiophene rings is 1. The number of amides is 1. The maximum atomic E-state index is 11.3. The summed E-state index contributed by atoms with van der Waals surface area (Å²) in [6.07, 6.45) is 1.13. The minimum atomic E-state index is -0.0439. The average molecular weight is 268 g/mol. The Labute approximate surface area is 112 Å². The van der Waals surface area contributed by atoms with E-state index in [1.165, 1.54) is 17.6 Å². The number of hydrogen-bond acceptors (Lipinski definition) is 4. The molecule has 2 heterocycles. The van der Waals surface area contributed by atoms with Gasteiger partial charge >= 0.3 is 0 Å². The number of ether oxygens (including phenoxy) is 1. The lowest BCUT2D eigenvalue weighted by Gasteiger charge is -2.32. The third-order valence-electron chi connectivity index (χ3n) is 3.33. The molecule has 0 radical (unpaired) electrons. The molecule has 1 aromatic rings. The molecule has 1 atom stereocenters. The third kappa shape index (κ3) is 3.31. The van der Waals surface area contributed by atoms with Crippen LogP contribution in [0.3, 0.4) is 0 Å². The first-order valence-corrected chi connectivity index (χ1v) is 7.13. The topological polar surface area (TPSA) is 41.6 Å². The number of carbonyl (C=O) groups excluding carboxylic acids is 1. The van der Waals surface area contributed by atoms with Crippen LogP contribution < -0.4 is 5.32 Å². The van der Waals surface area contributed by atoms with E-state index in [-0.39, 0.29) is 12.5 Å². The van der Waals surface area contributed by atoms with Crippen molar-refractivity contribution in [2.45, 2.75) is 25.9 Å². The molecule has 1 aromatic heterocycles. The van der Waals surface area contributed by atoms with Crippen LogP contribution in [-0.4, -0.2) is 43.7 Å². The lowest BCUT2D eigenvalue weighted by Crippen LogP contribution is -2.44. The van der Waals surface area contributed by atoms with Gasteiger partial charge in [0.15, 0.2) is 0 Å². The van der Waals surface area contributed by atoms with Gasteiger partial charge in [-0.15, -0.1) is 11.3 Å². The minimum absolute atomic E-state index is 0.0439. The zero-order valence-corrected chi connectivity index (χ0v) is 11.8. The second kappa shape index (κ2) is 6.31. The summed E-state index contributed by atoms with van der Waals surface area (Å²) >= 11 is 1.85. The smallest absolute Gasteiger partial charge is 0.246 e. The predicted octanol–water partition coefficient (Wildman–Crippen LogP) is 1.26. The standard InChI is InChI=1S/C13H20N2O2S/c1-10(7-14-13(16)9-17-2)15-5-3-12-11(8-15)4-6-18-12/h4,6,10H,3,5,7-9H2,1-2H3,(H,14,16). The lowest BCUT2D eigenvalue weighted by atomic mass is 10.1. The summed E-state index contributed by atoms with van der Waals surface area (Å²) in [7, 11) is 1.53. The van der Waals surface area contributed by atoms with Crippen molar-refractivity contribution >= 4 is 17.2 Å². The number of hydrogen-bond donors (Lipinski definition) is 1. The molecule has 0 saturated carbocycles. The molecule has 0 spiro atoms. The number of nitrogens with one attached hydrogen (secondary N) is 1. The number of nitrogens with zero attached hydrogens (tertiary/aromatic N) is 1. The largest absolute Gasteiger partial charge is 0.375 e. The summed E-state index contributed by atoms with van der Waals surface area (Å²) in [6.45, 7) is 5.06. The van der Waals surface area contributed by atoms with Crippen LogP contribution in [0, 0.1) is 0 Å². The zero-order valence-electron chi connectivity index (χ0n) is 10.9. The lowest BCUT2D eigenvalue weighted by molar-refractivity contribution is -0.124. The summed E-state index contributed by atoms with van der Waals surface area (Å²) in [5, 5.41) is 5.06. The summed E-state index contributed by atoms with van der Waals surface area (Å²) in [5.41, 5.74) is 1.45. The molecule has 0 fully saturated rings. The Morgan fingerprint density at radius 2 is 2.50 bits per heavy atom. The molecule has 0 aromatic carbocycles. The van der Waals surface area contributed by atoms with Crippen molar-refractivity contribution < 1.29 is 9.53 Å².